The highest BCUT2D eigenvalue weighted by Gasteiger charge is 2.53. The molecule has 1 unspecified atom stereocenters. The Hall–Kier alpha value is -1.63. The van der Waals surface area contributed by atoms with E-state index in [0.29, 0.717) is 56.3 Å². The van der Waals surface area contributed by atoms with Gasteiger partial charge in [-0.05, 0) is 106 Å². The van der Waals surface area contributed by atoms with Crippen LogP contribution in [0.25, 0.3) is 0 Å². The van der Waals surface area contributed by atoms with Gasteiger partial charge in [0.15, 0.2) is 8.32 Å². The van der Waals surface area contributed by atoms with Crippen molar-refractivity contribution in [3.8, 4) is 0 Å². The van der Waals surface area contributed by atoms with Gasteiger partial charge in [-0.15, -0.1) is 0 Å². The summed E-state index contributed by atoms with van der Waals surface area (Å²) < 4.78 is 42.1. The lowest BCUT2D eigenvalue weighted by Crippen LogP contribution is -2.56. The Morgan fingerprint density at radius 3 is 1.28 bits per heavy atom. The van der Waals surface area contributed by atoms with Crippen LogP contribution < -0.4 is 5.73 Å². The minimum atomic E-state index is -2.50. The number of amides is 1. The summed E-state index contributed by atoms with van der Waals surface area (Å²) in [5.41, 5.74) is 10.1. The smallest absolute Gasteiger partial charge is 0.404 e. The van der Waals surface area contributed by atoms with E-state index in [1.807, 2.05) is 25.2 Å². The highest BCUT2D eigenvalue weighted by molar-refractivity contribution is 6.78. The van der Waals surface area contributed by atoms with Crippen molar-refractivity contribution in [3.05, 3.63) is 48.6 Å². The third-order valence-corrected chi connectivity index (χ3v) is 42.6. The minimum Gasteiger partial charge on any atom is -0.469 e. The molecule has 3 N–H and O–H groups in total. The number of aliphatic hydroxyl groups is 1. The van der Waals surface area contributed by atoms with Crippen molar-refractivity contribution in [3.63, 3.8) is 0 Å². The minimum absolute atomic E-state index is 0.0130. The van der Waals surface area contributed by atoms with Crippen molar-refractivity contribution in [2.75, 3.05) is 7.11 Å². The molecule has 0 aliphatic rings. The Morgan fingerprint density at radius 1 is 0.543 bits per heavy atom. The highest BCUT2D eigenvalue weighted by atomic mass is 28.4. The number of ether oxygens (including phenoxy) is 2. The lowest BCUT2D eigenvalue weighted by atomic mass is 9.81. The van der Waals surface area contributed by atoms with Crippen LogP contribution in [0.2, 0.25) is 68.0 Å². The van der Waals surface area contributed by atoms with Crippen LogP contribution in [-0.2, 0) is 32.0 Å². The van der Waals surface area contributed by atoms with Crippen LogP contribution in [0, 0.1) is 41.4 Å². The summed E-state index contributed by atoms with van der Waals surface area (Å²) >= 11 is 0. The van der Waals surface area contributed by atoms with Gasteiger partial charge in [0, 0.05) is 24.2 Å². The first-order valence-corrected chi connectivity index (χ1v) is 41.3. The first kappa shape index (κ1) is 79.4. The molecule has 476 valence electrons. The SMILES string of the molecule is C=C/C=C\[C@H](C)[C@H](OC(N)=O)[C@@H](C)[C@H](O[Si](C(C)C)(C(C)C)C(C)C)[C@@H](C)C/C(C)=C\[C@H](C)[C@@H](O[Si](C(C)C)(C(C)C)C(C)C)[C@@H](C)/C=C\C(O)C[C@H](O[Si](C)(C)C(C)(C)C)[C@H](C)[C@H](O[Si](C(C)C)(C(C)C)C(C)C)[C@@H](C)C(=O)OC. The van der Waals surface area contributed by atoms with Crippen LogP contribution in [0.5, 0.6) is 0 Å². The van der Waals surface area contributed by atoms with E-state index >= 15 is 0 Å². The summed E-state index contributed by atoms with van der Waals surface area (Å²) in [6, 6.07) is 0. The number of carbonyl (C=O) groups excluding carboxylic acids is 2. The van der Waals surface area contributed by atoms with Gasteiger partial charge in [0.1, 0.15) is 6.10 Å². The maximum atomic E-state index is 13.6. The standard InChI is InChI=1S/C67H133NO9Si4/c1-34-35-36-52(21)62(73-66(68)71)57(26)63(76-80(45(8)9,46(10)11)47(12)13)55(24)40-51(20)39-54(23)61(75-79(42(2)3,43(4)5)44(6)7)53(22)37-38-59(69)41-60(74-78(32,33)67(28,29)30)56(25)64(58(27)65(70)72-31)77-81(48(14)15,49(16)17)50(18)19/h34-39,42-50,52-64,69H,1,40-41H2,2-33H3,(H2,68,71)/b36-35-,38-37-,51-39-/t52-,53-,54-,55-,56-,57+,58+,59?,60-,61-,62-,63+,64-/m0/s1. The number of aliphatic hydroxyl groups excluding tert-OH is 1. The first-order chi connectivity index (χ1) is 36.9. The number of hydrogen-bond donors (Lipinski definition) is 2. The molecule has 0 radical (unpaired) electrons. The van der Waals surface area contributed by atoms with Gasteiger partial charge in [0.25, 0.3) is 0 Å². The number of hydrogen-bond acceptors (Lipinski definition) is 9. The molecule has 0 rings (SSSR count). The molecule has 10 nitrogen and oxygen atoms in total. The van der Waals surface area contributed by atoms with Gasteiger partial charge >= 0.3 is 12.1 Å². The number of methoxy groups -OCH3 is 1. The third kappa shape index (κ3) is 20.8. The molecule has 0 aromatic carbocycles. The number of primary amides is 1. The second-order valence-corrected chi connectivity index (χ2v) is 50.6. The Labute approximate surface area is 505 Å². The number of esters is 1. The predicted octanol–water partition coefficient (Wildman–Crippen LogP) is 19.5. The first-order valence-electron chi connectivity index (χ1n) is 31.9. The Balaban J connectivity index is 8.08. The lowest BCUT2D eigenvalue weighted by molar-refractivity contribution is -0.150. The monoisotopic (exact) mass is 1210 g/mol. The third-order valence-electron chi connectivity index (χ3n) is 19.8. The molecule has 0 aromatic rings. The van der Waals surface area contributed by atoms with Gasteiger partial charge in [-0.2, -0.15) is 0 Å². The maximum absolute atomic E-state index is 13.6. The van der Waals surface area contributed by atoms with Crippen molar-refractivity contribution < 1.29 is 41.9 Å². The van der Waals surface area contributed by atoms with E-state index in [-0.39, 0.29) is 58.7 Å². The number of nitrogens with two attached hydrogens (primary N) is 1. The molecule has 14 heteroatoms. The van der Waals surface area contributed by atoms with Crippen molar-refractivity contribution in [2.45, 2.75) is 318 Å². The zero-order chi connectivity index (χ0) is 63.8. The van der Waals surface area contributed by atoms with Crippen molar-refractivity contribution >= 4 is 45.3 Å². The number of carbonyl (C=O) groups is 2. The largest absolute Gasteiger partial charge is 0.469 e. The van der Waals surface area contributed by atoms with Crippen molar-refractivity contribution in [1.82, 2.24) is 0 Å². The number of allylic oxidation sites excluding steroid dienone is 3. The van der Waals surface area contributed by atoms with Crippen LogP contribution in [-0.4, -0.2) is 94.2 Å². The van der Waals surface area contributed by atoms with Gasteiger partial charge in [-0.25, -0.2) is 4.79 Å². The zero-order valence-electron chi connectivity index (χ0n) is 58.6. The molecule has 0 aliphatic heterocycles. The summed E-state index contributed by atoms with van der Waals surface area (Å²) in [6.07, 6.45) is 9.96. The Bertz CT molecular complexity index is 1890. The molecular weight excluding hydrogens is 1080 g/mol. The summed E-state index contributed by atoms with van der Waals surface area (Å²) in [4.78, 5) is 26.3. The normalized spacial score (nSPS) is 19.0. The molecule has 0 bridgehead atoms. The summed E-state index contributed by atoms with van der Waals surface area (Å²) in [5, 5.41) is 12.3. The van der Waals surface area contributed by atoms with Crippen molar-refractivity contribution in [2.24, 2.45) is 47.2 Å². The quantitative estimate of drug-likeness (QED) is 0.0270. The van der Waals surface area contributed by atoms with Crippen LogP contribution >= 0.6 is 0 Å². The average molecular weight is 1210 g/mol. The zero-order valence-corrected chi connectivity index (χ0v) is 62.6. The topological polar surface area (TPSA) is 136 Å². The van der Waals surface area contributed by atoms with Crippen LogP contribution in [0.4, 0.5) is 4.79 Å². The van der Waals surface area contributed by atoms with E-state index in [4.69, 9.17) is 32.9 Å². The van der Waals surface area contributed by atoms with Crippen LogP contribution in [0.3, 0.4) is 0 Å². The van der Waals surface area contributed by atoms with Crippen LogP contribution in [0.15, 0.2) is 48.6 Å². The Kier molecular flexibility index (Phi) is 33.4. The van der Waals surface area contributed by atoms with E-state index in [2.05, 4.69) is 226 Å². The molecule has 0 spiro atoms. The van der Waals surface area contributed by atoms with E-state index in [9.17, 15) is 14.7 Å². The molecule has 13 atom stereocenters. The van der Waals surface area contributed by atoms with E-state index in [1.165, 1.54) is 12.7 Å². The van der Waals surface area contributed by atoms with Gasteiger partial charge in [0.05, 0.1) is 43.5 Å². The Morgan fingerprint density at radius 2 is 0.926 bits per heavy atom. The fourth-order valence-corrected chi connectivity index (χ4v) is 33.4. The summed E-state index contributed by atoms with van der Waals surface area (Å²) in [7, 11) is -8.32. The second kappa shape index (κ2) is 34.1. The molecule has 1 amide bonds. The lowest BCUT2D eigenvalue weighted by Gasteiger charge is -2.49. The maximum Gasteiger partial charge on any atom is 0.404 e. The molecule has 0 saturated carbocycles. The van der Waals surface area contributed by atoms with Gasteiger partial charge in [-0.3, -0.25) is 4.79 Å². The predicted molar refractivity (Wildman–Crippen MR) is 358 cm³/mol. The summed E-state index contributed by atoms with van der Waals surface area (Å²) in [6.45, 7) is 74.3. The van der Waals surface area contributed by atoms with Crippen LogP contribution in [0.1, 0.15) is 214 Å². The highest BCUT2D eigenvalue weighted by Crippen LogP contribution is 2.49. The molecule has 0 saturated heterocycles. The van der Waals surface area contributed by atoms with E-state index < -0.39 is 69.7 Å². The van der Waals surface area contributed by atoms with Gasteiger partial charge in [-0.1, -0.05) is 236 Å². The van der Waals surface area contributed by atoms with Gasteiger partial charge < -0.3 is 38.0 Å². The summed E-state index contributed by atoms with van der Waals surface area (Å²) in [5.74, 6) is -1.38. The van der Waals surface area contributed by atoms with E-state index in [1.54, 1.807) is 6.08 Å². The van der Waals surface area contributed by atoms with E-state index in [0.717, 1.165) is 6.42 Å². The molecule has 0 fully saturated rings. The molecular formula is C67H133NO9Si4. The van der Waals surface area contributed by atoms with Gasteiger partial charge in [0.2, 0.25) is 25.0 Å². The number of rotatable bonds is 37. The fourth-order valence-electron chi connectivity index (χ4n) is 14.8. The fraction of sp³-hybridized carbons (Fsp3) is 0.851. The molecule has 0 aliphatic carbocycles. The molecule has 81 heavy (non-hydrogen) atoms. The molecule has 0 aromatic heterocycles. The average Bonchev–Trinajstić information content (AvgIpc) is 3.32. The molecule has 0 heterocycles. The second-order valence-electron chi connectivity index (χ2n) is 29.6. The van der Waals surface area contributed by atoms with Crippen molar-refractivity contribution in [1.29, 1.82) is 0 Å².